The van der Waals surface area contributed by atoms with Crippen LogP contribution < -0.4 is 0 Å². The molecular formula is C17H22N4O3S. The third-order valence-corrected chi connectivity index (χ3v) is 5.62. The summed E-state index contributed by atoms with van der Waals surface area (Å²) in [4.78, 5) is 26.1. The zero-order valence-electron chi connectivity index (χ0n) is 14.3. The molecule has 8 heteroatoms. The summed E-state index contributed by atoms with van der Waals surface area (Å²) < 4.78 is 10.7. The standard InChI is InChI=1S/C17H22N4O3S/c1-2-24-17(22)13-10-19-15(16-18-3-8-25-16)21-11-12(9-14(13)21)20-4-6-23-7-5-20/h3,8,12H,2,4-7,9-11H2,1H3. The Morgan fingerprint density at radius 1 is 1.44 bits per heavy atom. The van der Waals surface area contributed by atoms with Crippen LogP contribution >= 0.6 is 11.3 Å². The van der Waals surface area contributed by atoms with E-state index in [1.165, 1.54) is 0 Å². The largest absolute Gasteiger partial charge is 0.463 e. The van der Waals surface area contributed by atoms with Gasteiger partial charge >= 0.3 is 5.97 Å². The van der Waals surface area contributed by atoms with Gasteiger partial charge in [-0.25, -0.2) is 9.78 Å². The minimum Gasteiger partial charge on any atom is -0.463 e. The molecule has 0 aliphatic carbocycles. The first kappa shape index (κ1) is 16.7. The molecule has 1 atom stereocenters. The number of nitrogens with zero attached hydrogens (tertiary/aromatic N) is 4. The van der Waals surface area contributed by atoms with Crippen molar-refractivity contribution < 1.29 is 14.3 Å². The number of rotatable bonds is 4. The van der Waals surface area contributed by atoms with Gasteiger partial charge in [0.2, 0.25) is 0 Å². The van der Waals surface area contributed by atoms with Crippen LogP contribution in [0.5, 0.6) is 0 Å². The van der Waals surface area contributed by atoms with E-state index in [0.717, 1.165) is 55.8 Å². The van der Waals surface area contributed by atoms with E-state index < -0.39 is 0 Å². The maximum absolute atomic E-state index is 12.4. The third kappa shape index (κ3) is 3.21. The summed E-state index contributed by atoms with van der Waals surface area (Å²) in [6.07, 6.45) is 2.64. The van der Waals surface area contributed by atoms with Crippen LogP contribution in [0.2, 0.25) is 0 Å². The fourth-order valence-electron chi connectivity index (χ4n) is 3.65. The van der Waals surface area contributed by atoms with Gasteiger partial charge in [-0.3, -0.25) is 9.89 Å². The van der Waals surface area contributed by atoms with Crippen LogP contribution in [-0.2, 0) is 14.3 Å². The van der Waals surface area contributed by atoms with Crippen molar-refractivity contribution in [2.24, 2.45) is 4.99 Å². The molecule has 1 aromatic heterocycles. The van der Waals surface area contributed by atoms with Gasteiger partial charge in [-0.15, -0.1) is 11.3 Å². The molecule has 1 unspecified atom stereocenters. The lowest BCUT2D eigenvalue weighted by Gasteiger charge is -2.32. The molecule has 0 bridgehead atoms. The zero-order chi connectivity index (χ0) is 17.2. The summed E-state index contributed by atoms with van der Waals surface area (Å²) >= 11 is 1.58. The minimum absolute atomic E-state index is 0.243. The number of aromatic nitrogens is 1. The van der Waals surface area contributed by atoms with Crippen molar-refractivity contribution in [1.29, 1.82) is 0 Å². The average molecular weight is 362 g/mol. The van der Waals surface area contributed by atoms with Gasteiger partial charge in [0.25, 0.3) is 0 Å². The van der Waals surface area contributed by atoms with E-state index in [1.807, 2.05) is 12.3 Å². The molecule has 0 radical (unpaired) electrons. The molecule has 4 rings (SSSR count). The third-order valence-electron chi connectivity index (χ3n) is 4.85. The zero-order valence-corrected chi connectivity index (χ0v) is 15.1. The molecule has 0 saturated carbocycles. The molecule has 0 amide bonds. The highest BCUT2D eigenvalue weighted by molar-refractivity contribution is 7.11. The highest BCUT2D eigenvalue weighted by Crippen LogP contribution is 2.33. The van der Waals surface area contributed by atoms with Crippen LogP contribution in [0.3, 0.4) is 0 Å². The monoisotopic (exact) mass is 362 g/mol. The SMILES string of the molecule is CCOC(=O)C1=C2CC(N3CCOCC3)CN2C(c2nccs2)=NC1. The maximum atomic E-state index is 12.4. The predicted octanol–water partition coefficient (Wildman–Crippen LogP) is 1.13. The molecule has 0 N–H and O–H groups in total. The Bertz CT molecular complexity index is 695. The van der Waals surface area contributed by atoms with Crippen molar-refractivity contribution in [3.8, 4) is 0 Å². The first-order valence-electron chi connectivity index (χ1n) is 8.70. The second kappa shape index (κ2) is 7.23. The number of ether oxygens (including phenoxy) is 2. The lowest BCUT2D eigenvalue weighted by Crippen LogP contribution is -2.45. The fourth-order valence-corrected chi connectivity index (χ4v) is 4.31. The van der Waals surface area contributed by atoms with Crippen LogP contribution in [0.15, 0.2) is 27.8 Å². The van der Waals surface area contributed by atoms with Gasteiger partial charge in [0, 0.05) is 49.4 Å². The van der Waals surface area contributed by atoms with Crippen molar-refractivity contribution in [3.63, 3.8) is 0 Å². The number of hydrogen-bond acceptors (Lipinski definition) is 8. The minimum atomic E-state index is -0.243. The molecule has 25 heavy (non-hydrogen) atoms. The van der Waals surface area contributed by atoms with Crippen molar-refractivity contribution in [2.45, 2.75) is 19.4 Å². The van der Waals surface area contributed by atoms with Crippen LogP contribution in [0.4, 0.5) is 0 Å². The van der Waals surface area contributed by atoms with Gasteiger partial charge in [-0.2, -0.15) is 0 Å². The van der Waals surface area contributed by atoms with Gasteiger partial charge in [0.15, 0.2) is 10.8 Å². The van der Waals surface area contributed by atoms with E-state index in [1.54, 1.807) is 17.5 Å². The van der Waals surface area contributed by atoms with Gasteiger partial charge in [-0.1, -0.05) is 0 Å². The molecule has 1 aromatic rings. The number of amidine groups is 1. The molecule has 4 heterocycles. The quantitative estimate of drug-likeness (QED) is 0.748. The molecule has 0 spiro atoms. The smallest absolute Gasteiger partial charge is 0.337 e. The molecule has 3 aliphatic rings. The Balaban J connectivity index is 1.63. The summed E-state index contributed by atoms with van der Waals surface area (Å²) in [5.74, 6) is 0.640. The van der Waals surface area contributed by atoms with Crippen molar-refractivity contribution in [1.82, 2.24) is 14.8 Å². The molecule has 7 nitrogen and oxygen atoms in total. The normalized spacial score (nSPS) is 24.3. The van der Waals surface area contributed by atoms with E-state index in [9.17, 15) is 4.79 Å². The van der Waals surface area contributed by atoms with E-state index in [0.29, 0.717) is 24.8 Å². The molecule has 2 saturated heterocycles. The van der Waals surface area contributed by atoms with E-state index in [4.69, 9.17) is 9.47 Å². The van der Waals surface area contributed by atoms with Gasteiger partial charge < -0.3 is 14.4 Å². The maximum Gasteiger partial charge on any atom is 0.337 e. The molecule has 0 aromatic carbocycles. The van der Waals surface area contributed by atoms with E-state index in [-0.39, 0.29) is 5.97 Å². The first-order chi connectivity index (χ1) is 12.3. The predicted molar refractivity (Wildman–Crippen MR) is 94.7 cm³/mol. The van der Waals surface area contributed by atoms with Gasteiger partial charge in [0.1, 0.15) is 0 Å². The second-order valence-corrected chi connectivity index (χ2v) is 7.13. The Morgan fingerprint density at radius 3 is 3.00 bits per heavy atom. The summed E-state index contributed by atoms with van der Waals surface area (Å²) in [7, 11) is 0. The number of carbonyl (C=O) groups excluding carboxylic acids is 1. The van der Waals surface area contributed by atoms with Crippen LogP contribution in [0.1, 0.15) is 18.4 Å². The van der Waals surface area contributed by atoms with Crippen molar-refractivity contribution in [3.05, 3.63) is 27.9 Å². The van der Waals surface area contributed by atoms with Crippen molar-refractivity contribution in [2.75, 3.05) is 46.0 Å². The molecular weight excluding hydrogens is 340 g/mol. The average Bonchev–Trinajstić information content (AvgIpc) is 3.31. The number of thiazole rings is 1. The van der Waals surface area contributed by atoms with Crippen molar-refractivity contribution >= 4 is 23.1 Å². The Kier molecular flexibility index (Phi) is 4.82. The summed E-state index contributed by atoms with van der Waals surface area (Å²) in [5.41, 5.74) is 1.74. The Hall–Kier alpha value is -1.77. The number of esters is 1. The number of hydrogen-bond donors (Lipinski definition) is 0. The van der Waals surface area contributed by atoms with E-state index in [2.05, 4.69) is 19.8 Å². The number of aliphatic imine (C=N–C) groups is 1. The number of fused-ring (bicyclic) bond motifs is 1. The lowest BCUT2D eigenvalue weighted by atomic mass is 10.1. The Labute approximate surface area is 150 Å². The highest BCUT2D eigenvalue weighted by Gasteiger charge is 2.39. The molecule has 2 fully saturated rings. The second-order valence-electron chi connectivity index (χ2n) is 6.24. The fraction of sp³-hybridized carbons (Fsp3) is 0.588. The van der Waals surface area contributed by atoms with E-state index >= 15 is 0 Å². The first-order valence-corrected chi connectivity index (χ1v) is 9.58. The van der Waals surface area contributed by atoms with Crippen LogP contribution in [0, 0.1) is 0 Å². The molecule has 134 valence electrons. The number of carbonyl (C=O) groups is 1. The van der Waals surface area contributed by atoms with Crippen LogP contribution in [0.25, 0.3) is 0 Å². The Morgan fingerprint density at radius 2 is 2.28 bits per heavy atom. The topological polar surface area (TPSA) is 67.3 Å². The summed E-state index contributed by atoms with van der Waals surface area (Å²) in [5, 5.41) is 2.86. The molecule has 3 aliphatic heterocycles. The van der Waals surface area contributed by atoms with Crippen LogP contribution in [-0.4, -0.2) is 78.6 Å². The summed E-state index contributed by atoms with van der Waals surface area (Å²) in [6.45, 7) is 6.83. The summed E-state index contributed by atoms with van der Waals surface area (Å²) in [6, 6.07) is 0.367. The van der Waals surface area contributed by atoms with Gasteiger partial charge in [0.05, 0.1) is 31.9 Å². The number of morpholine rings is 1. The lowest BCUT2D eigenvalue weighted by molar-refractivity contribution is -0.138. The van der Waals surface area contributed by atoms with Gasteiger partial charge in [-0.05, 0) is 6.92 Å². The highest BCUT2D eigenvalue weighted by atomic mass is 32.1.